The van der Waals surface area contributed by atoms with Gasteiger partial charge in [0.05, 0.1) is 12.7 Å². The molecule has 0 spiro atoms. The van der Waals surface area contributed by atoms with Gasteiger partial charge in [-0.2, -0.15) is 5.10 Å². The first kappa shape index (κ1) is 16.1. The Morgan fingerprint density at radius 1 is 1.36 bits per heavy atom. The molecule has 6 heteroatoms. The number of ether oxygens (including phenoxy) is 1. The van der Waals surface area contributed by atoms with E-state index in [-0.39, 0.29) is 11.8 Å². The third kappa shape index (κ3) is 2.61. The molecule has 2 aliphatic rings. The number of carbonyl (C=O) groups excluding carboxylic acids is 1. The number of hydrogen-bond acceptors (Lipinski definition) is 4. The van der Waals surface area contributed by atoms with Gasteiger partial charge >= 0.3 is 0 Å². The molecule has 2 heterocycles. The zero-order chi connectivity index (χ0) is 17.6. The van der Waals surface area contributed by atoms with Gasteiger partial charge in [-0.3, -0.25) is 9.48 Å². The van der Waals surface area contributed by atoms with Crippen LogP contribution in [0.4, 0.5) is 0 Å². The summed E-state index contributed by atoms with van der Waals surface area (Å²) in [4.78, 5) is 14.5. The molecule has 1 saturated heterocycles. The molecule has 1 aliphatic carbocycles. The number of amides is 1. The largest absolute Gasteiger partial charge is 0.497 e. The van der Waals surface area contributed by atoms with E-state index in [1.807, 2.05) is 29.2 Å². The summed E-state index contributed by atoms with van der Waals surface area (Å²) in [6.07, 6.45) is 3.42. The van der Waals surface area contributed by atoms with Gasteiger partial charge in [0.1, 0.15) is 11.4 Å². The van der Waals surface area contributed by atoms with Gasteiger partial charge in [0, 0.05) is 32.3 Å². The van der Waals surface area contributed by atoms with E-state index >= 15 is 0 Å². The van der Waals surface area contributed by atoms with Gasteiger partial charge in [-0.1, -0.05) is 12.1 Å². The van der Waals surface area contributed by atoms with Crippen LogP contribution < -0.4 is 4.74 Å². The Kier molecular flexibility index (Phi) is 3.80. The van der Waals surface area contributed by atoms with Crippen LogP contribution in [-0.2, 0) is 12.6 Å². The first-order valence-corrected chi connectivity index (χ1v) is 8.67. The number of benzene rings is 1. The van der Waals surface area contributed by atoms with Gasteiger partial charge < -0.3 is 14.7 Å². The maximum atomic E-state index is 12.7. The fraction of sp³-hybridized carbons (Fsp3) is 0.474. The Morgan fingerprint density at radius 3 is 2.92 bits per heavy atom. The van der Waals surface area contributed by atoms with Crippen LogP contribution in [0.25, 0.3) is 0 Å². The third-order valence-electron chi connectivity index (χ3n) is 5.74. The van der Waals surface area contributed by atoms with Crippen molar-refractivity contribution < 1.29 is 14.6 Å². The molecule has 25 heavy (non-hydrogen) atoms. The second-order valence-corrected chi connectivity index (χ2v) is 7.15. The van der Waals surface area contributed by atoms with Crippen molar-refractivity contribution in [3.05, 3.63) is 47.8 Å². The highest BCUT2D eigenvalue weighted by Crippen LogP contribution is 2.51. The number of nitrogens with zero attached hydrogens (tertiary/aromatic N) is 3. The molecule has 4 rings (SSSR count). The molecule has 2 aromatic rings. The third-order valence-corrected chi connectivity index (χ3v) is 5.74. The molecule has 1 saturated carbocycles. The lowest BCUT2D eigenvalue weighted by molar-refractivity contribution is -0.00607. The van der Waals surface area contributed by atoms with Crippen molar-refractivity contribution in [3.63, 3.8) is 0 Å². The molecule has 1 aromatic heterocycles. The Hall–Kier alpha value is -2.34. The van der Waals surface area contributed by atoms with Crippen molar-refractivity contribution in [3.8, 4) is 5.75 Å². The smallest absolute Gasteiger partial charge is 0.274 e. The molecule has 2 fully saturated rings. The van der Waals surface area contributed by atoms with Gasteiger partial charge in [-0.05, 0) is 42.5 Å². The molecule has 0 radical (unpaired) electrons. The highest BCUT2D eigenvalue weighted by molar-refractivity contribution is 5.92. The zero-order valence-corrected chi connectivity index (χ0v) is 14.6. The standard InChI is InChI=1S/C19H23N3O3/c1-21-9-7-17(20-21)18(23)22-11-13-6-8-19(24,16(13)12-22)14-4-3-5-15(10-14)25-2/h3-5,7,9-10,13,16,24H,6,8,11-12H2,1-2H3/t13-,16+,19+/m1/s1. The van der Waals surface area contributed by atoms with Crippen molar-refractivity contribution in [2.24, 2.45) is 18.9 Å². The topological polar surface area (TPSA) is 67.6 Å². The quantitative estimate of drug-likeness (QED) is 0.924. The van der Waals surface area contributed by atoms with E-state index in [0.29, 0.717) is 24.7 Å². The van der Waals surface area contributed by atoms with Crippen LogP contribution in [0.1, 0.15) is 28.9 Å². The Labute approximate surface area is 147 Å². The highest BCUT2D eigenvalue weighted by atomic mass is 16.5. The Morgan fingerprint density at radius 2 is 2.20 bits per heavy atom. The molecule has 1 aliphatic heterocycles. The van der Waals surface area contributed by atoms with Gasteiger partial charge in [-0.15, -0.1) is 0 Å². The number of aliphatic hydroxyl groups is 1. The van der Waals surface area contributed by atoms with E-state index in [1.165, 1.54) is 0 Å². The summed E-state index contributed by atoms with van der Waals surface area (Å²) in [7, 11) is 3.43. The van der Waals surface area contributed by atoms with E-state index in [4.69, 9.17) is 4.74 Å². The summed E-state index contributed by atoms with van der Waals surface area (Å²) in [6.45, 7) is 1.25. The predicted molar refractivity (Wildman–Crippen MR) is 92.2 cm³/mol. The molecular weight excluding hydrogens is 318 g/mol. The lowest BCUT2D eigenvalue weighted by Crippen LogP contribution is -2.36. The van der Waals surface area contributed by atoms with Crippen LogP contribution in [0.2, 0.25) is 0 Å². The minimum absolute atomic E-state index is 0.0484. The van der Waals surface area contributed by atoms with E-state index < -0.39 is 5.60 Å². The van der Waals surface area contributed by atoms with Gasteiger partial charge in [-0.25, -0.2) is 0 Å². The van der Waals surface area contributed by atoms with E-state index in [9.17, 15) is 9.90 Å². The van der Waals surface area contributed by atoms with Crippen LogP contribution in [-0.4, -0.2) is 45.9 Å². The number of fused-ring (bicyclic) bond motifs is 1. The number of methoxy groups -OCH3 is 1. The average Bonchev–Trinajstić information content (AvgIpc) is 3.32. The SMILES string of the molecule is COc1cccc([C@@]2(O)CC[C@@H]3CN(C(=O)c4ccn(C)n4)C[C@@H]32)c1. The summed E-state index contributed by atoms with van der Waals surface area (Å²) in [5, 5.41) is 15.6. The second-order valence-electron chi connectivity index (χ2n) is 7.15. The predicted octanol–water partition coefficient (Wildman–Crippen LogP) is 1.80. The Balaban J connectivity index is 1.57. The number of aryl methyl sites for hydroxylation is 1. The summed E-state index contributed by atoms with van der Waals surface area (Å²) in [5.41, 5.74) is 0.442. The minimum atomic E-state index is -0.904. The number of carbonyl (C=O) groups is 1. The molecule has 1 N–H and O–H groups in total. The average molecular weight is 341 g/mol. The summed E-state index contributed by atoms with van der Waals surface area (Å²) in [5.74, 6) is 1.06. The summed E-state index contributed by atoms with van der Waals surface area (Å²) >= 11 is 0. The lowest BCUT2D eigenvalue weighted by Gasteiger charge is -2.31. The van der Waals surface area contributed by atoms with Crippen LogP contribution in [0.5, 0.6) is 5.75 Å². The van der Waals surface area contributed by atoms with E-state index in [1.54, 1.807) is 31.1 Å². The van der Waals surface area contributed by atoms with E-state index in [0.717, 1.165) is 24.2 Å². The normalized spacial score (nSPS) is 28.2. The van der Waals surface area contributed by atoms with Crippen LogP contribution in [0.15, 0.2) is 36.5 Å². The first-order valence-electron chi connectivity index (χ1n) is 8.67. The van der Waals surface area contributed by atoms with Crippen molar-refractivity contribution >= 4 is 5.91 Å². The minimum Gasteiger partial charge on any atom is -0.497 e. The molecule has 1 amide bonds. The molecular formula is C19H23N3O3. The fourth-order valence-electron chi connectivity index (χ4n) is 4.40. The lowest BCUT2D eigenvalue weighted by atomic mass is 9.82. The maximum Gasteiger partial charge on any atom is 0.274 e. The van der Waals surface area contributed by atoms with Crippen molar-refractivity contribution in [2.75, 3.05) is 20.2 Å². The van der Waals surface area contributed by atoms with Crippen molar-refractivity contribution in [1.29, 1.82) is 0 Å². The summed E-state index contributed by atoms with van der Waals surface area (Å²) < 4.78 is 6.94. The zero-order valence-electron chi connectivity index (χ0n) is 14.6. The molecule has 0 unspecified atom stereocenters. The van der Waals surface area contributed by atoms with Gasteiger partial charge in [0.2, 0.25) is 0 Å². The fourth-order valence-corrected chi connectivity index (χ4v) is 4.40. The number of likely N-dealkylation sites (tertiary alicyclic amines) is 1. The second kappa shape index (κ2) is 5.88. The number of hydrogen-bond donors (Lipinski definition) is 1. The maximum absolute atomic E-state index is 12.7. The number of rotatable bonds is 3. The monoisotopic (exact) mass is 341 g/mol. The molecule has 3 atom stereocenters. The Bertz CT molecular complexity index is 803. The molecule has 6 nitrogen and oxygen atoms in total. The van der Waals surface area contributed by atoms with Crippen molar-refractivity contribution in [1.82, 2.24) is 14.7 Å². The van der Waals surface area contributed by atoms with Crippen molar-refractivity contribution in [2.45, 2.75) is 18.4 Å². The van der Waals surface area contributed by atoms with Crippen LogP contribution >= 0.6 is 0 Å². The first-order chi connectivity index (χ1) is 12.0. The molecule has 0 bridgehead atoms. The highest BCUT2D eigenvalue weighted by Gasteiger charge is 2.53. The van der Waals surface area contributed by atoms with Crippen LogP contribution in [0, 0.1) is 11.8 Å². The summed E-state index contributed by atoms with van der Waals surface area (Å²) in [6, 6.07) is 9.39. The molecule has 132 valence electrons. The van der Waals surface area contributed by atoms with E-state index in [2.05, 4.69) is 5.10 Å². The molecule has 1 aromatic carbocycles. The van der Waals surface area contributed by atoms with Crippen LogP contribution in [0.3, 0.4) is 0 Å². The van der Waals surface area contributed by atoms with Gasteiger partial charge in [0.15, 0.2) is 0 Å². The number of aromatic nitrogens is 2. The van der Waals surface area contributed by atoms with Gasteiger partial charge in [0.25, 0.3) is 5.91 Å².